The third-order valence-electron chi connectivity index (χ3n) is 4.40. The first-order valence-electron chi connectivity index (χ1n) is 8.75. The van der Waals surface area contributed by atoms with E-state index < -0.39 is 10.0 Å². The van der Waals surface area contributed by atoms with Crippen LogP contribution in [0.25, 0.3) is 0 Å². The molecular weight excluding hydrogens is 468 g/mol. The Labute approximate surface area is 178 Å². The van der Waals surface area contributed by atoms with Crippen molar-refractivity contribution in [2.45, 2.75) is 17.4 Å². The number of halogens is 2. The van der Waals surface area contributed by atoms with Crippen LogP contribution < -0.4 is 4.72 Å². The standard InChI is InChI=1S/C19H20BrClN2O4S/c20-15-6-4-14(5-7-15)18-13-23(10-11-27-18)19(24)8-9-22-28(25,26)17-3-1-2-16(21)12-17/h1-7,12,18,22H,8-11,13H2. The zero-order chi connectivity index (χ0) is 20.1. The van der Waals surface area contributed by atoms with Gasteiger partial charge in [-0.05, 0) is 35.9 Å². The molecule has 0 bridgehead atoms. The zero-order valence-electron chi connectivity index (χ0n) is 15.0. The number of nitrogens with zero attached hydrogens (tertiary/aromatic N) is 1. The van der Waals surface area contributed by atoms with Crippen LogP contribution in [0.3, 0.4) is 0 Å². The van der Waals surface area contributed by atoms with E-state index in [2.05, 4.69) is 20.7 Å². The van der Waals surface area contributed by atoms with Crippen molar-refractivity contribution < 1.29 is 17.9 Å². The minimum absolute atomic E-state index is 0.0218. The highest BCUT2D eigenvalue weighted by molar-refractivity contribution is 9.10. The number of benzene rings is 2. The highest BCUT2D eigenvalue weighted by Crippen LogP contribution is 2.24. The number of ether oxygens (including phenoxy) is 1. The van der Waals surface area contributed by atoms with Crippen LogP contribution in [0.4, 0.5) is 0 Å². The predicted molar refractivity (Wildman–Crippen MR) is 111 cm³/mol. The molecule has 2 aromatic carbocycles. The Morgan fingerprint density at radius 1 is 1.25 bits per heavy atom. The molecule has 0 aliphatic carbocycles. The molecule has 6 nitrogen and oxygen atoms in total. The fraction of sp³-hybridized carbons (Fsp3) is 0.316. The quantitative estimate of drug-likeness (QED) is 0.678. The van der Waals surface area contributed by atoms with E-state index in [0.29, 0.717) is 24.7 Å². The van der Waals surface area contributed by atoms with Gasteiger partial charge in [0.05, 0.1) is 18.0 Å². The Hall–Kier alpha value is -1.45. The fourth-order valence-corrected chi connectivity index (χ4v) is 4.52. The summed E-state index contributed by atoms with van der Waals surface area (Å²) < 4.78 is 33.8. The number of amides is 1. The van der Waals surface area contributed by atoms with Gasteiger partial charge in [0.1, 0.15) is 6.10 Å². The van der Waals surface area contributed by atoms with Crippen LogP contribution in [-0.2, 0) is 19.6 Å². The smallest absolute Gasteiger partial charge is 0.240 e. The summed E-state index contributed by atoms with van der Waals surface area (Å²) in [5, 5.41) is 0.339. The molecule has 28 heavy (non-hydrogen) atoms. The Morgan fingerprint density at radius 3 is 2.71 bits per heavy atom. The van der Waals surface area contributed by atoms with E-state index in [1.54, 1.807) is 17.0 Å². The monoisotopic (exact) mass is 486 g/mol. The van der Waals surface area contributed by atoms with E-state index in [0.717, 1.165) is 10.0 Å². The van der Waals surface area contributed by atoms with Gasteiger partial charge in [0, 0.05) is 29.0 Å². The molecule has 0 radical (unpaired) electrons. The molecule has 1 N–H and O–H groups in total. The van der Waals surface area contributed by atoms with Gasteiger partial charge in [0.25, 0.3) is 0 Å². The lowest BCUT2D eigenvalue weighted by Gasteiger charge is -2.33. The Balaban J connectivity index is 1.53. The van der Waals surface area contributed by atoms with Gasteiger partial charge in [-0.25, -0.2) is 13.1 Å². The van der Waals surface area contributed by atoms with Crippen molar-refractivity contribution in [3.63, 3.8) is 0 Å². The maximum Gasteiger partial charge on any atom is 0.240 e. The van der Waals surface area contributed by atoms with Crippen molar-refractivity contribution >= 4 is 43.5 Å². The Morgan fingerprint density at radius 2 is 2.00 bits per heavy atom. The normalized spacial score (nSPS) is 17.5. The van der Waals surface area contributed by atoms with Crippen molar-refractivity contribution in [1.82, 2.24) is 9.62 Å². The topological polar surface area (TPSA) is 75.7 Å². The lowest BCUT2D eigenvalue weighted by molar-refractivity contribution is -0.138. The lowest BCUT2D eigenvalue weighted by Crippen LogP contribution is -2.43. The molecule has 1 saturated heterocycles. The minimum atomic E-state index is -3.70. The van der Waals surface area contributed by atoms with Gasteiger partial charge >= 0.3 is 0 Å². The van der Waals surface area contributed by atoms with E-state index in [9.17, 15) is 13.2 Å². The molecule has 9 heteroatoms. The second-order valence-corrected chi connectivity index (χ2v) is 9.47. The summed E-state index contributed by atoms with van der Waals surface area (Å²) in [6.07, 6.45) is -0.110. The van der Waals surface area contributed by atoms with Crippen LogP contribution in [-0.4, -0.2) is 45.5 Å². The van der Waals surface area contributed by atoms with Gasteiger partial charge in [0.15, 0.2) is 0 Å². The number of sulfonamides is 1. The summed E-state index contributed by atoms with van der Waals surface area (Å²) in [7, 11) is -3.70. The maximum atomic E-state index is 12.5. The first-order valence-corrected chi connectivity index (χ1v) is 11.4. The molecule has 1 fully saturated rings. The molecule has 0 aromatic heterocycles. The van der Waals surface area contributed by atoms with Crippen LogP contribution in [0.5, 0.6) is 0 Å². The molecule has 1 atom stereocenters. The van der Waals surface area contributed by atoms with Crippen LogP contribution in [0.2, 0.25) is 5.02 Å². The van der Waals surface area contributed by atoms with Crippen LogP contribution in [0, 0.1) is 0 Å². The molecule has 1 heterocycles. The van der Waals surface area contributed by atoms with E-state index in [-0.39, 0.29) is 29.9 Å². The molecule has 1 aliphatic rings. The summed E-state index contributed by atoms with van der Waals surface area (Å²) in [6, 6.07) is 13.8. The molecule has 1 amide bonds. The summed E-state index contributed by atoms with van der Waals surface area (Å²) in [5.41, 5.74) is 1.00. The highest BCUT2D eigenvalue weighted by atomic mass is 79.9. The SMILES string of the molecule is O=C(CCNS(=O)(=O)c1cccc(Cl)c1)N1CCOC(c2ccc(Br)cc2)C1. The molecule has 0 saturated carbocycles. The van der Waals surface area contributed by atoms with Crippen molar-refractivity contribution in [1.29, 1.82) is 0 Å². The zero-order valence-corrected chi connectivity index (χ0v) is 18.1. The lowest BCUT2D eigenvalue weighted by atomic mass is 10.1. The molecule has 3 rings (SSSR count). The van der Waals surface area contributed by atoms with Gasteiger partial charge in [0.2, 0.25) is 15.9 Å². The van der Waals surface area contributed by atoms with Gasteiger partial charge in [-0.3, -0.25) is 4.79 Å². The second-order valence-electron chi connectivity index (χ2n) is 6.36. The van der Waals surface area contributed by atoms with E-state index in [1.165, 1.54) is 12.1 Å². The molecule has 150 valence electrons. The summed E-state index contributed by atoms with van der Waals surface area (Å²) in [6.45, 7) is 1.41. The Bertz CT molecular complexity index is 937. The van der Waals surface area contributed by atoms with Crippen LogP contribution in [0.1, 0.15) is 18.1 Å². The third kappa shape index (κ3) is 5.55. The number of carbonyl (C=O) groups is 1. The fourth-order valence-electron chi connectivity index (χ4n) is 2.92. The van der Waals surface area contributed by atoms with Crippen LogP contribution >= 0.6 is 27.5 Å². The van der Waals surface area contributed by atoms with Gasteiger partial charge in [-0.2, -0.15) is 0 Å². The largest absolute Gasteiger partial charge is 0.370 e. The van der Waals surface area contributed by atoms with Crippen molar-refractivity contribution in [3.05, 3.63) is 63.6 Å². The summed E-state index contributed by atoms with van der Waals surface area (Å²) in [5.74, 6) is -0.112. The number of nitrogens with one attached hydrogen (secondary N) is 1. The average Bonchev–Trinajstić information content (AvgIpc) is 2.68. The predicted octanol–water partition coefficient (Wildman–Crippen LogP) is 3.37. The van der Waals surface area contributed by atoms with Crippen molar-refractivity contribution in [3.8, 4) is 0 Å². The van der Waals surface area contributed by atoms with E-state index in [4.69, 9.17) is 16.3 Å². The molecule has 2 aromatic rings. The van der Waals surface area contributed by atoms with Gasteiger partial charge in [-0.15, -0.1) is 0 Å². The highest BCUT2D eigenvalue weighted by Gasteiger charge is 2.25. The van der Waals surface area contributed by atoms with Gasteiger partial charge < -0.3 is 9.64 Å². The summed E-state index contributed by atoms with van der Waals surface area (Å²) >= 11 is 9.24. The first-order chi connectivity index (χ1) is 13.3. The minimum Gasteiger partial charge on any atom is -0.370 e. The first kappa shape index (κ1) is 21.3. The van der Waals surface area contributed by atoms with Crippen molar-refractivity contribution in [2.24, 2.45) is 0 Å². The Kier molecular flexibility index (Phi) is 7.11. The van der Waals surface area contributed by atoms with Crippen molar-refractivity contribution in [2.75, 3.05) is 26.2 Å². The molecular formula is C19H20BrClN2O4S. The van der Waals surface area contributed by atoms with E-state index in [1.807, 2.05) is 24.3 Å². The molecule has 0 spiro atoms. The number of morpholine rings is 1. The molecule has 1 unspecified atom stereocenters. The average molecular weight is 488 g/mol. The van der Waals surface area contributed by atoms with E-state index >= 15 is 0 Å². The third-order valence-corrected chi connectivity index (χ3v) is 6.62. The summed E-state index contributed by atoms with van der Waals surface area (Å²) in [4.78, 5) is 14.3. The van der Waals surface area contributed by atoms with Gasteiger partial charge in [-0.1, -0.05) is 45.7 Å². The second kappa shape index (κ2) is 9.37. The van der Waals surface area contributed by atoms with Crippen LogP contribution in [0.15, 0.2) is 57.9 Å². The number of carbonyl (C=O) groups excluding carboxylic acids is 1. The molecule has 1 aliphatic heterocycles. The maximum absolute atomic E-state index is 12.5. The number of hydrogen-bond acceptors (Lipinski definition) is 4. The number of rotatable bonds is 6. The number of hydrogen-bond donors (Lipinski definition) is 1.